The molecule has 3 rings (SSSR count). The lowest BCUT2D eigenvalue weighted by Gasteiger charge is -2.33. The van der Waals surface area contributed by atoms with Gasteiger partial charge in [0, 0.05) is 29.7 Å². The van der Waals surface area contributed by atoms with E-state index in [4.69, 9.17) is 16.3 Å². The van der Waals surface area contributed by atoms with E-state index >= 15 is 0 Å². The molecule has 1 amide bonds. The molecule has 2 aromatic rings. The minimum Gasteiger partial charge on any atom is -0.370 e. The van der Waals surface area contributed by atoms with Crippen molar-refractivity contribution < 1.29 is 9.53 Å². The van der Waals surface area contributed by atoms with Crippen LogP contribution in [0.3, 0.4) is 0 Å². The third kappa shape index (κ3) is 3.45. The Hall–Kier alpha value is -1.92. The van der Waals surface area contributed by atoms with Crippen molar-refractivity contribution >= 4 is 17.5 Å². The zero-order chi connectivity index (χ0) is 15.4. The van der Waals surface area contributed by atoms with Crippen molar-refractivity contribution in [3.63, 3.8) is 0 Å². The van der Waals surface area contributed by atoms with Crippen LogP contribution >= 0.6 is 11.6 Å². The predicted octanol–water partition coefficient (Wildman–Crippen LogP) is 1.92. The summed E-state index contributed by atoms with van der Waals surface area (Å²) in [4.78, 5) is 14.2. The number of aromatic nitrogens is 3. The number of halogens is 1. The maximum absolute atomic E-state index is 12.3. The zero-order valence-electron chi connectivity index (χ0n) is 12.1. The molecule has 0 spiro atoms. The second-order valence-corrected chi connectivity index (χ2v) is 5.54. The number of carbonyl (C=O) groups excluding carboxylic acids is 1. The van der Waals surface area contributed by atoms with Gasteiger partial charge in [0.1, 0.15) is 6.10 Å². The first kappa shape index (κ1) is 15.0. The Morgan fingerprint density at radius 1 is 1.41 bits per heavy atom. The molecule has 0 saturated carbocycles. The second kappa shape index (κ2) is 6.89. The molecule has 116 valence electrons. The first-order valence-corrected chi connectivity index (χ1v) is 7.60. The molecule has 1 atom stereocenters. The van der Waals surface area contributed by atoms with Gasteiger partial charge in [-0.1, -0.05) is 35.0 Å². The first-order chi connectivity index (χ1) is 10.7. The molecule has 1 aliphatic rings. The quantitative estimate of drug-likeness (QED) is 0.863. The SMILES string of the molecule is O=C(CCn1ccnn1)N1CCOC(c2ccccc2Cl)C1. The normalized spacial score (nSPS) is 18.4. The summed E-state index contributed by atoms with van der Waals surface area (Å²) >= 11 is 6.21. The van der Waals surface area contributed by atoms with Gasteiger partial charge in [-0.25, -0.2) is 0 Å². The molecule has 1 aromatic heterocycles. The van der Waals surface area contributed by atoms with Crippen LogP contribution in [0.5, 0.6) is 0 Å². The van der Waals surface area contributed by atoms with Gasteiger partial charge in [0.05, 0.1) is 25.9 Å². The fraction of sp³-hybridized carbons (Fsp3) is 0.400. The summed E-state index contributed by atoms with van der Waals surface area (Å²) in [6.45, 7) is 2.19. The van der Waals surface area contributed by atoms with E-state index in [9.17, 15) is 4.79 Å². The number of aryl methyl sites for hydroxylation is 1. The summed E-state index contributed by atoms with van der Waals surface area (Å²) in [5.74, 6) is 0.0934. The summed E-state index contributed by atoms with van der Waals surface area (Å²) in [6.07, 6.45) is 3.59. The fourth-order valence-electron chi connectivity index (χ4n) is 2.52. The fourth-order valence-corrected chi connectivity index (χ4v) is 2.78. The number of nitrogens with zero attached hydrogens (tertiary/aromatic N) is 4. The first-order valence-electron chi connectivity index (χ1n) is 7.22. The van der Waals surface area contributed by atoms with Gasteiger partial charge in [-0.3, -0.25) is 9.48 Å². The minimum atomic E-state index is -0.169. The maximum atomic E-state index is 12.3. The number of amides is 1. The Bertz CT molecular complexity index is 632. The van der Waals surface area contributed by atoms with E-state index in [2.05, 4.69) is 10.3 Å². The van der Waals surface area contributed by atoms with E-state index in [0.717, 1.165) is 5.56 Å². The monoisotopic (exact) mass is 320 g/mol. The largest absolute Gasteiger partial charge is 0.370 e. The minimum absolute atomic E-state index is 0.0934. The van der Waals surface area contributed by atoms with Crippen molar-refractivity contribution in [2.45, 2.75) is 19.1 Å². The molecule has 1 aromatic carbocycles. The number of hydrogen-bond donors (Lipinski definition) is 0. The van der Waals surface area contributed by atoms with Crippen molar-refractivity contribution in [2.24, 2.45) is 0 Å². The van der Waals surface area contributed by atoms with Gasteiger partial charge in [-0.15, -0.1) is 5.10 Å². The number of rotatable bonds is 4. The number of morpholine rings is 1. The Labute approximate surface area is 133 Å². The summed E-state index contributed by atoms with van der Waals surface area (Å²) in [5.41, 5.74) is 0.929. The highest BCUT2D eigenvalue weighted by atomic mass is 35.5. The lowest BCUT2D eigenvalue weighted by atomic mass is 10.1. The topological polar surface area (TPSA) is 60.2 Å². The van der Waals surface area contributed by atoms with Gasteiger partial charge in [0.15, 0.2) is 0 Å². The molecular weight excluding hydrogens is 304 g/mol. The van der Waals surface area contributed by atoms with Gasteiger partial charge in [-0.2, -0.15) is 0 Å². The zero-order valence-corrected chi connectivity index (χ0v) is 12.8. The summed E-state index contributed by atoms with van der Waals surface area (Å²) in [5, 5.41) is 8.26. The average molecular weight is 321 g/mol. The van der Waals surface area contributed by atoms with Crippen LogP contribution in [0.1, 0.15) is 18.1 Å². The summed E-state index contributed by atoms with van der Waals surface area (Å²) in [6, 6.07) is 7.59. The number of ether oxygens (including phenoxy) is 1. The Morgan fingerprint density at radius 2 is 2.27 bits per heavy atom. The highest BCUT2D eigenvalue weighted by molar-refractivity contribution is 6.31. The lowest BCUT2D eigenvalue weighted by molar-refractivity contribution is -0.139. The molecule has 1 fully saturated rings. The summed E-state index contributed by atoms with van der Waals surface area (Å²) < 4.78 is 7.43. The maximum Gasteiger partial charge on any atom is 0.224 e. The van der Waals surface area contributed by atoms with Crippen molar-refractivity contribution in [3.05, 3.63) is 47.2 Å². The van der Waals surface area contributed by atoms with Crippen LogP contribution in [0.4, 0.5) is 0 Å². The van der Waals surface area contributed by atoms with Gasteiger partial charge >= 0.3 is 0 Å². The average Bonchev–Trinajstić information content (AvgIpc) is 3.06. The van der Waals surface area contributed by atoms with Crippen molar-refractivity contribution in [2.75, 3.05) is 19.7 Å². The predicted molar refractivity (Wildman–Crippen MR) is 81.4 cm³/mol. The Morgan fingerprint density at radius 3 is 3.05 bits per heavy atom. The molecule has 1 saturated heterocycles. The molecule has 0 aliphatic carbocycles. The number of carbonyl (C=O) groups is 1. The van der Waals surface area contributed by atoms with Crippen LogP contribution in [-0.4, -0.2) is 45.5 Å². The number of hydrogen-bond acceptors (Lipinski definition) is 4. The molecule has 0 bridgehead atoms. The van der Waals surface area contributed by atoms with Gasteiger partial charge in [0.2, 0.25) is 5.91 Å². The Kier molecular flexibility index (Phi) is 4.70. The van der Waals surface area contributed by atoms with Crippen LogP contribution in [0.15, 0.2) is 36.7 Å². The van der Waals surface area contributed by atoms with Crippen molar-refractivity contribution in [1.82, 2.24) is 19.9 Å². The van der Waals surface area contributed by atoms with Crippen LogP contribution in [0, 0.1) is 0 Å². The van der Waals surface area contributed by atoms with Gasteiger partial charge in [-0.05, 0) is 6.07 Å². The molecule has 0 N–H and O–H groups in total. The van der Waals surface area contributed by atoms with E-state index in [-0.39, 0.29) is 12.0 Å². The van der Waals surface area contributed by atoms with Crippen molar-refractivity contribution in [1.29, 1.82) is 0 Å². The van der Waals surface area contributed by atoms with E-state index in [1.54, 1.807) is 17.1 Å². The molecule has 0 radical (unpaired) electrons. The van der Waals surface area contributed by atoms with Gasteiger partial charge in [0.25, 0.3) is 0 Å². The van der Waals surface area contributed by atoms with Crippen LogP contribution in [-0.2, 0) is 16.1 Å². The van der Waals surface area contributed by atoms with Crippen LogP contribution in [0.25, 0.3) is 0 Å². The Balaban J connectivity index is 1.60. The molecule has 6 nitrogen and oxygen atoms in total. The van der Waals surface area contributed by atoms with E-state index in [1.807, 2.05) is 29.2 Å². The van der Waals surface area contributed by atoms with E-state index in [0.29, 0.717) is 37.7 Å². The molecular formula is C15H17ClN4O2. The van der Waals surface area contributed by atoms with Crippen molar-refractivity contribution in [3.8, 4) is 0 Å². The number of benzene rings is 1. The van der Waals surface area contributed by atoms with Crippen LogP contribution in [0.2, 0.25) is 5.02 Å². The molecule has 1 aliphatic heterocycles. The van der Waals surface area contributed by atoms with E-state index in [1.165, 1.54) is 0 Å². The smallest absolute Gasteiger partial charge is 0.224 e. The van der Waals surface area contributed by atoms with E-state index < -0.39 is 0 Å². The third-order valence-electron chi connectivity index (χ3n) is 3.70. The second-order valence-electron chi connectivity index (χ2n) is 5.14. The third-order valence-corrected chi connectivity index (χ3v) is 4.04. The lowest BCUT2D eigenvalue weighted by Crippen LogP contribution is -2.42. The molecule has 1 unspecified atom stereocenters. The molecule has 7 heteroatoms. The highest BCUT2D eigenvalue weighted by Crippen LogP contribution is 2.28. The van der Waals surface area contributed by atoms with Crippen LogP contribution < -0.4 is 0 Å². The van der Waals surface area contributed by atoms with Gasteiger partial charge < -0.3 is 9.64 Å². The highest BCUT2D eigenvalue weighted by Gasteiger charge is 2.26. The standard InChI is InChI=1S/C15H17ClN4O2/c16-13-4-2-1-3-12(13)14-11-19(9-10-22-14)15(21)5-7-20-8-6-17-18-20/h1-4,6,8,14H,5,7,9-11H2. The molecule has 2 heterocycles. The summed E-state index contributed by atoms with van der Waals surface area (Å²) in [7, 11) is 0. The molecule has 22 heavy (non-hydrogen) atoms.